The van der Waals surface area contributed by atoms with Crippen molar-refractivity contribution in [3.8, 4) is 0 Å². The van der Waals surface area contributed by atoms with Crippen LogP contribution in [-0.2, 0) is 21.1 Å². The van der Waals surface area contributed by atoms with Gasteiger partial charge < -0.3 is 0 Å². The van der Waals surface area contributed by atoms with Crippen molar-refractivity contribution >= 4 is 62.0 Å². The zero-order chi connectivity index (χ0) is 0. The van der Waals surface area contributed by atoms with Gasteiger partial charge in [0.05, 0.1) is 0 Å². The van der Waals surface area contributed by atoms with Crippen LogP contribution in [0.15, 0.2) is 0 Å². The molecular weight excluding hydrogens is 361 g/mol. The molecule has 46 valence electrons. The first-order chi connectivity index (χ1) is 0. The summed E-state index contributed by atoms with van der Waals surface area (Å²) >= 11 is 0. The normalized spacial score (nSPS) is 0. The van der Waals surface area contributed by atoms with E-state index in [1.165, 1.54) is 0 Å². The summed E-state index contributed by atoms with van der Waals surface area (Å²) in [5, 5.41) is 0. The zero-order valence-corrected chi connectivity index (χ0v) is 9.47. The predicted octanol–water partition coefficient (Wildman–Crippen LogP) is 2.11. The van der Waals surface area contributed by atoms with Crippen molar-refractivity contribution in [3.05, 3.63) is 0 Å². The maximum absolute atomic E-state index is 0. The van der Waals surface area contributed by atoms with Crippen LogP contribution in [0.2, 0.25) is 0 Å². The van der Waals surface area contributed by atoms with E-state index in [9.17, 15) is 0 Å². The molecule has 0 amide bonds. The molecule has 0 heterocycles. The van der Waals surface area contributed by atoms with Crippen LogP contribution in [0.5, 0.6) is 0 Å². The molecule has 0 aliphatic carbocycles. The van der Waals surface area contributed by atoms with Crippen molar-refractivity contribution in [2.75, 3.05) is 0 Å². The minimum absolute atomic E-state index is 0. The van der Waals surface area contributed by atoms with E-state index in [1.807, 2.05) is 0 Å². The maximum atomic E-state index is 0. The van der Waals surface area contributed by atoms with Crippen molar-refractivity contribution in [1.82, 2.24) is 0 Å². The molecule has 0 aromatic rings. The van der Waals surface area contributed by atoms with E-state index in [1.54, 1.807) is 0 Å². The van der Waals surface area contributed by atoms with Gasteiger partial charge in [-0.05, 0) is 0 Å². The van der Waals surface area contributed by atoms with Crippen molar-refractivity contribution in [2.45, 2.75) is 0 Å². The summed E-state index contributed by atoms with van der Waals surface area (Å²) in [6.45, 7) is 0. The van der Waals surface area contributed by atoms with E-state index < -0.39 is 0 Å². The molecular formula is H5Cl5W. The Labute approximate surface area is 82.5 Å². The van der Waals surface area contributed by atoms with E-state index in [2.05, 4.69) is 0 Å². The number of hydrogen-bond donors (Lipinski definition) is 0. The Morgan fingerprint density at radius 3 is 0.333 bits per heavy atom. The van der Waals surface area contributed by atoms with E-state index in [-0.39, 0.29) is 83.1 Å². The monoisotopic (exact) mass is 364 g/mol. The number of halogens is 5. The summed E-state index contributed by atoms with van der Waals surface area (Å²) in [7, 11) is 0. The summed E-state index contributed by atoms with van der Waals surface area (Å²) < 4.78 is 0. The third kappa shape index (κ3) is 35.4. The van der Waals surface area contributed by atoms with Gasteiger partial charge in [0.15, 0.2) is 0 Å². The Bertz CT molecular complexity index is 3.90. The Hall–Kier alpha value is 2.14. The quantitative estimate of drug-likeness (QED) is 0.616. The van der Waals surface area contributed by atoms with Crippen LogP contribution in [0.4, 0.5) is 0 Å². The third-order valence-corrected chi connectivity index (χ3v) is 0. The molecule has 0 bridgehead atoms. The second-order valence-corrected chi connectivity index (χ2v) is 0. The van der Waals surface area contributed by atoms with Crippen LogP contribution >= 0.6 is 62.0 Å². The SMILES string of the molecule is Cl.Cl.Cl.Cl.Cl.[W]. The molecule has 0 saturated heterocycles. The fraction of sp³-hybridized carbons (Fsp3) is 0. The van der Waals surface area contributed by atoms with Gasteiger partial charge in [0.2, 0.25) is 0 Å². The second kappa shape index (κ2) is 58.8. The first kappa shape index (κ1) is 90.7. The molecule has 0 aromatic heterocycles. The van der Waals surface area contributed by atoms with Crippen molar-refractivity contribution < 1.29 is 21.1 Å². The third-order valence-electron chi connectivity index (χ3n) is 0. The smallest absolute Gasteiger partial charge is 0 e. The Balaban J connectivity index is 0. The minimum Gasteiger partial charge on any atom is -0.147 e. The molecule has 0 aromatic carbocycles. The maximum Gasteiger partial charge on any atom is 0 e. The number of hydrogen-bond acceptors (Lipinski definition) is 0. The van der Waals surface area contributed by atoms with E-state index in [4.69, 9.17) is 0 Å². The molecule has 0 nitrogen and oxygen atoms in total. The molecule has 0 N–H and O–H groups in total. The number of rotatable bonds is 0. The Kier molecular flexibility index (Phi) is 889. The van der Waals surface area contributed by atoms with Gasteiger partial charge >= 0.3 is 0 Å². The summed E-state index contributed by atoms with van der Waals surface area (Å²) in [5.41, 5.74) is 0. The molecule has 0 spiro atoms. The van der Waals surface area contributed by atoms with Gasteiger partial charge in [-0.15, -0.1) is 62.0 Å². The van der Waals surface area contributed by atoms with Crippen molar-refractivity contribution in [2.24, 2.45) is 0 Å². The van der Waals surface area contributed by atoms with E-state index >= 15 is 0 Å². The molecule has 0 atom stereocenters. The second-order valence-electron chi connectivity index (χ2n) is 0. The summed E-state index contributed by atoms with van der Waals surface area (Å²) in [5.74, 6) is 0. The molecule has 0 fully saturated rings. The van der Waals surface area contributed by atoms with Crippen LogP contribution in [0.3, 0.4) is 0 Å². The van der Waals surface area contributed by atoms with Gasteiger partial charge in [-0.3, -0.25) is 0 Å². The average Bonchev–Trinajstić information content (AvgIpc) is 0. The van der Waals surface area contributed by atoms with Crippen LogP contribution in [0.25, 0.3) is 0 Å². The molecule has 0 rings (SSSR count). The summed E-state index contributed by atoms with van der Waals surface area (Å²) in [4.78, 5) is 0. The van der Waals surface area contributed by atoms with Gasteiger partial charge in [-0.2, -0.15) is 0 Å². The summed E-state index contributed by atoms with van der Waals surface area (Å²) in [6, 6.07) is 0. The topological polar surface area (TPSA) is 0 Å². The van der Waals surface area contributed by atoms with E-state index in [0.29, 0.717) is 0 Å². The first-order valence-electron chi connectivity index (χ1n) is 0. The first-order valence-corrected chi connectivity index (χ1v) is 0. The molecule has 6 heavy (non-hydrogen) atoms. The Morgan fingerprint density at radius 2 is 0.333 bits per heavy atom. The predicted molar refractivity (Wildman–Crippen MR) is 36.2 cm³/mol. The average molecular weight is 366 g/mol. The molecule has 0 saturated carbocycles. The van der Waals surface area contributed by atoms with Gasteiger partial charge in [-0.25, -0.2) is 0 Å². The molecule has 0 unspecified atom stereocenters. The van der Waals surface area contributed by atoms with Crippen LogP contribution < -0.4 is 0 Å². The Morgan fingerprint density at radius 1 is 0.333 bits per heavy atom. The minimum atomic E-state index is 0. The largest absolute Gasteiger partial charge is 0.147 e. The molecule has 0 aliphatic rings. The molecule has 6 heteroatoms. The molecule has 0 aliphatic heterocycles. The van der Waals surface area contributed by atoms with Crippen LogP contribution in [0.1, 0.15) is 0 Å². The van der Waals surface area contributed by atoms with Gasteiger partial charge in [0.25, 0.3) is 0 Å². The van der Waals surface area contributed by atoms with E-state index in [0.717, 1.165) is 0 Å². The van der Waals surface area contributed by atoms with Crippen LogP contribution in [0, 0.1) is 0 Å². The molecule has 0 radical (unpaired) electrons. The fourth-order valence-corrected chi connectivity index (χ4v) is 0. The van der Waals surface area contributed by atoms with Crippen molar-refractivity contribution in [3.63, 3.8) is 0 Å². The zero-order valence-electron chi connectivity index (χ0n) is 2.45. The fourth-order valence-electron chi connectivity index (χ4n) is 0. The van der Waals surface area contributed by atoms with Gasteiger partial charge in [0.1, 0.15) is 0 Å². The van der Waals surface area contributed by atoms with Gasteiger partial charge in [-0.1, -0.05) is 0 Å². The van der Waals surface area contributed by atoms with Gasteiger partial charge in [0, 0.05) is 21.1 Å². The standard InChI is InChI=1S/5ClH.W/h5*1H;. The van der Waals surface area contributed by atoms with Crippen molar-refractivity contribution in [1.29, 1.82) is 0 Å². The summed E-state index contributed by atoms with van der Waals surface area (Å²) in [6.07, 6.45) is 0. The van der Waals surface area contributed by atoms with Crippen LogP contribution in [-0.4, -0.2) is 0 Å².